The number of methoxy groups -OCH3 is 1. The number of hydrogen-bond donors (Lipinski definition) is 5. The third-order valence-electron chi connectivity index (χ3n) is 6.12. The van der Waals surface area contributed by atoms with E-state index in [1.807, 2.05) is 6.07 Å². The highest BCUT2D eigenvalue weighted by Crippen LogP contribution is 2.43. The van der Waals surface area contributed by atoms with Crippen LogP contribution in [0, 0.1) is 0 Å². The van der Waals surface area contributed by atoms with Crippen LogP contribution in [0.5, 0.6) is 0 Å². The van der Waals surface area contributed by atoms with Crippen molar-refractivity contribution >= 4 is 50.2 Å². The van der Waals surface area contributed by atoms with Crippen molar-refractivity contribution in [1.82, 2.24) is 0 Å². The van der Waals surface area contributed by atoms with Gasteiger partial charge in [0.15, 0.2) is 0 Å². The van der Waals surface area contributed by atoms with Gasteiger partial charge in [-0.2, -0.15) is 13.5 Å². The first-order chi connectivity index (χ1) is 19.6. The molecule has 0 aliphatic rings. The zero-order valence-corrected chi connectivity index (χ0v) is 23.2. The van der Waals surface area contributed by atoms with Crippen molar-refractivity contribution in [2.75, 3.05) is 25.2 Å². The van der Waals surface area contributed by atoms with Gasteiger partial charge < -0.3 is 26.4 Å². The van der Waals surface area contributed by atoms with E-state index in [9.17, 15) is 22.9 Å². The summed E-state index contributed by atoms with van der Waals surface area (Å²) in [6, 6.07) is 12.4. The summed E-state index contributed by atoms with van der Waals surface area (Å²) in [5, 5.41) is 35.0. The highest BCUT2D eigenvalue weighted by atomic mass is 32.2. The summed E-state index contributed by atoms with van der Waals surface area (Å²) in [5.74, 6) is -0.662. The van der Waals surface area contributed by atoms with Gasteiger partial charge in [0.05, 0.1) is 36.3 Å². The number of azo groups is 2. The Labute approximate surface area is 237 Å². The molecule has 3 aromatic rings. The highest BCUT2D eigenvalue weighted by molar-refractivity contribution is 7.86. The largest absolute Gasteiger partial charge is 0.465 e. The highest BCUT2D eigenvalue weighted by Gasteiger charge is 2.23. The number of carbonyl (C=O) groups is 1. The molecule has 0 unspecified atom stereocenters. The van der Waals surface area contributed by atoms with Gasteiger partial charge in [-0.25, -0.2) is 4.79 Å². The number of unbranched alkanes of at least 4 members (excludes halogenated alkanes) is 3. The van der Waals surface area contributed by atoms with Crippen LogP contribution < -0.4 is 11.5 Å². The molecule has 3 rings (SSSR count). The molecule has 14 heteroatoms. The minimum absolute atomic E-state index is 0.104. The number of carbonyl (C=O) groups excluding carboxylic acids is 1. The molecule has 218 valence electrons. The Hall–Kier alpha value is -4.24. The van der Waals surface area contributed by atoms with Crippen LogP contribution in [-0.2, 0) is 27.9 Å². The van der Waals surface area contributed by atoms with Crippen LogP contribution in [0.1, 0.15) is 47.2 Å². The number of hydrogen-bond acceptors (Lipinski definition) is 12. The zero-order chi connectivity index (χ0) is 30.0. The fraction of sp³-hybridized carbons (Fsp3) is 0.296. The van der Waals surface area contributed by atoms with Gasteiger partial charge in [0.1, 0.15) is 22.0 Å². The van der Waals surface area contributed by atoms with E-state index in [0.29, 0.717) is 11.3 Å². The minimum atomic E-state index is -4.84. The molecular formula is C27H32N6O7S. The van der Waals surface area contributed by atoms with Gasteiger partial charge in [0.2, 0.25) is 0 Å². The summed E-state index contributed by atoms with van der Waals surface area (Å²) in [6.45, 7) is -0.176. The second kappa shape index (κ2) is 14.4. The fourth-order valence-corrected chi connectivity index (χ4v) is 4.54. The van der Waals surface area contributed by atoms with Gasteiger partial charge in [-0.1, -0.05) is 37.1 Å². The van der Waals surface area contributed by atoms with Crippen LogP contribution in [0.25, 0.3) is 0 Å². The zero-order valence-electron chi connectivity index (χ0n) is 22.4. The maximum absolute atomic E-state index is 12.1. The van der Waals surface area contributed by atoms with E-state index in [2.05, 4.69) is 20.5 Å². The number of nitrogens with zero attached hydrogens (tertiary/aromatic N) is 4. The van der Waals surface area contributed by atoms with Crippen molar-refractivity contribution in [1.29, 1.82) is 0 Å². The molecule has 0 spiro atoms. The number of nitrogen functional groups attached to an aromatic ring is 2. The first kappa shape index (κ1) is 31.3. The molecule has 0 heterocycles. The van der Waals surface area contributed by atoms with Gasteiger partial charge in [0, 0.05) is 12.2 Å². The van der Waals surface area contributed by atoms with E-state index in [1.54, 1.807) is 24.3 Å². The lowest BCUT2D eigenvalue weighted by atomic mass is 10.0. The number of aliphatic hydroxyl groups is 2. The van der Waals surface area contributed by atoms with E-state index in [0.717, 1.165) is 43.7 Å². The van der Waals surface area contributed by atoms with Crippen LogP contribution in [0.3, 0.4) is 0 Å². The third-order valence-corrected chi connectivity index (χ3v) is 7.02. The molecule has 0 aliphatic heterocycles. The Morgan fingerprint density at radius 2 is 1.54 bits per heavy atom. The second-order valence-corrected chi connectivity index (χ2v) is 10.4. The van der Waals surface area contributed by atoms with Gasteiger partial charge in [-0.05, 0) is 49.1 Å². The first-order valence-corrected chi connectivity index (χ1v) is 14.1. The lowest BCUT2D eigenvalue weighted by Gasteiger charge is -2.11. The molecule has 13 nitrogen and oxygen atoms in total. The monoisotopic (exact) mass is 584 g/mol. The number of rotatable bonds is 13. The van der Waals surface area contributed by atoms with Gasteiger partial charge in [0.25, 0.3) is 10.1 Å². The van der Waals surface area contributed by atoms with Crippen molar-refractivity contribution in [3.8, 4) is 0 Å². The lowest BCUT2D eigenvalue weighted by molar-refractivity contribution is 0.0601. The van der Waals surface area contributed by atoms with Crippen LogP contribution in [-0.4, -0.2) is 42.9 Å². The summed E-state index contributed by atoms with van der Waals surface area (Å²) in [7, 11) is -3.63. The number of benzene rings is 3. The Morgan fingerprint density at radius 1 is 0.854 bits per heavy atom. The Kier molecular flexibility index (Phi) is 11.0. The minimum Gasteiger partial charge on any atom is -0.465 e. The lowest BCUT2D eigenvalue weighted by Crippen LogP contribution is -2.05. The second-order valence-electron chi connectivity index (χ2n) is 8.96. The first-order valence-electron chi connectivity index (χ1n) is 12.6. The molecule has 0 saturated heterocycles. The average molecular weight is 585 g/mol. The number of aryl methyl sites for hydroxylation is 1. The van der Waals surface area contributed by atoms with Crippen molar-refractivity contribution < 1.29 is 32.7 Å². The Balaban J connectivity index is 2.04. The molecule has 0 amide bonds. The van der Waals surface area contributed by atoms with E-state index in [1.165, 1.54) is 19.2 Å². The van der Waals surface area contributed by atoms with E-state index in [4.69, 9.17) is 21.3 Å². The standard InChI is InChI=1S/C27H32N6O7S/c1-40-27(36)19-9-5-6-10-20(19)30-32-22-15-23(41(37,38)39)25(29)26(24(22)28)33-31-21-14-17(11-12-18(21)16-35)8-4-2-3-7-13-34/h5-6,9-12,14-15,34-35H,2-4,7-8,13,16,28-29H2,1H3,(H,37,38,39). The number of esters is 1. The maximum Gasteiger partial charge on any atom is 0.340 e. The molecule has 7 N–H and O–H groups in total. The SMILES string of the molecule is COC(=O)c1ccccc1N=Nc1cc(S(=O)(=O)O)c(N)c(N=Nc2cc(CCCCCCO)ccc2CO)c1N. The molecular weight excluding hydrogens is 552 g/mol. The van der Waals surface area contributed by atoms with Crippen molar-refractivity contribution in [3.63, 3.8) is 0 Å². The summed E-state index contributed by atoms with van der Waals surface area (Å²) in [5.41, 5.74) is 13.0. The third kappa shape index (κ3) is 8.14. The number of ether oxygens (including phenoxy) is 1. The molecule has 0 atom stereocenters. The topological polar surface area (TPSA) is 223 Å². The molecule has 41 heavy (non-hydrogen) atoms. The van der Waals surface area contributed by atoms with Crippen LogP contribution in [0.2, 0.25) is 0 Å². The summed E-state index contributed by atoms with van der Waals surface area (Å²) in [4.78, 5) is 11.3. The quantitative estimate of drug-likeness (QED) is 0.0576. The molecule has 0 fully saturated rings. The summed E-state index contributed by atoms with van der Waals surface area (Å²) in [6.07, 6.45) is 4.22. The number of anilines is 2. The van der Waals surface area contributed by atoms with Crippen LogP contribution in [0.15, 0.2) is 73.9 Å². The Morgan fingerprint density at radius 3 is 2.22 bits per heavy atom. The molecule has 3 aromatic carbocycles. The van der Waals surface area contributed by atoms with Crippen LogP contribution in [0.4, 0.5) is 34.1 Å². The smallest absolute Gasteiger partial charge is 0.340 e. The number of nitrogens with two attached hydrogens (primary N) is 2. The molecule has 0 saturated carbocycles. The van der Waals surface area contributed by atoms with Crippen molar-refractivity contribution in [3.05, 3.63) is 65.2 Å². The molecule has 0 aliphatic carbocycles. The number of aliphatic hydroxyl groups excluding tert-OH is 2. The predicted octanol–water partition coefficient (Wildman–Crippen LogP) is 5.30. The molecule has 0 bridgehead atoms. The van der Waals surface area contributed by atoms with Gasteiger partial charge in [-0.15, -0.1) is 15.3 Å². The maximum atomic E-state index is 12.1. The fourth-order valence-electron chi connectivity index (χ4n) is 3.91. The predicted molar refractivity (Wildman–Crippen MR) is 153 cm³/mol. The summed E-state index contributed by atoms with van der Waals surface area (Å²) < 4.78 is 38.7. The van der Waals surface area contributed by atoms with Gasteiger partial charge in [-0.3, -0.25) is 4.55 Å². The van der Waals surface area contributed by atoms with Crippen molar-refractivity contribution in [2.45, 2.75) is 43.6 Å². The summed E-state index contributed by atoms with van der Waals surface area (Å²) >= 11 is 0. The van der Waals surface area contributed by atoms with Crippen LogP contribution >= 0.6 is 0 Å². The average Bonchev–Trinajstić information content (AvgIpc) is 2.95. The van der Waals surface area contributed by atoms with E-state index < -0.39 is 26.7 Å². The van der Waals surface area contributed by atoms with Gasteiger partial charge >= 0.3 is 5.97 Å². The molecule has 0 aromatic heterocycles. The van der Waals surface area contributed by atoms with E-state index >= 15 is 0 Å². The Bertz CT molecular complexity index is 1560. The van der Waals surface area contributed by atoms with Crippen molar-refractivity contribution in [2.24, 2.45) is 20.5 Å². The molecule has 0 radical (unpaired) electrons. The van der Waals surface area contributed by atoms with E-state index in [-0.39, 0.29) is 41.5 Å². The normalized spacial score (nSPS) is 11.9.